The predicted molar refractivity (Wildman–Crippen MR) is 59.5 cm³/mol. The highest BCUT2D eigenvalue weighted by Gasteiger charge is 2.12. The second kappa shape index (κ2) is 5.01. The van der Waals surface area contributed by atoms with Gasteiger partial charge in [0.25, 0.3) is 0 Å². The summed E-state index contributed by atoms with van der Waals surface area (Å²) in [6, 6.07) is 5.65. The minimum Gasteiger partial charge on any atom is -0.508 e. The van der Waals surface area contributed by atoms with Gasteiger partial charge in [0.15, 0.2) is 0 Å². The molecular weight excluding hydrogens is 174 g/mol. The first-order chi connectivity index (χ1) is 6.75. The number of benzene rings is 1. The van der Waals surface area contributed by atoms with Gasteiger partial charge in [-0.25, -0.2) is 0 Å². The van der Waals surface area contributed by atoms with E-state index in [1.54, 1.807) is 6.07 Å². The molecular formula is C12H19NO. The Kier molecular flexibility index (Phi) is 3.96. The Hall–Kier alpha value is -1.02. The molecule has 14 heavy (non-hydrogen) atoms. The summed E-state index contributed by atoms with van der Waals surface area (Å²) in [6.45, 7) is 6.10. The lowest BCUT2D eigenvalue weighted by atomic mass is 10.00. The van der Waals surface area contributed by atoms with E-state index in [0.717, 1.165) is 19.5 Å². The van der Waals surface area contributed by atoms with E-state index < -0.39 is 0 Å². The maximum Gasteiger partial charge on any atom is 0.115 e. The van der Waals surface area contributed by atoms with E-state index in [-0.39, 0.29) is 0 Å². The van der Waals surface area contributed by atoms with Gasteiger partial charge in [-0.2, -0.15) is 0 Å². The van der Waals surface area contributed by atoms with Crippen molar-refractivity contribution < 1.29 is 5.11 Å². The van der Waals surface area contributed by atoms with E-state index in [1.165, 1.54) is 11.1 Å². The Bertz CT molecular complexity index is 296. The molecule has 0 spiro atoms. The van der Waals surface area contributed by atoms with Crippen LogP contribution in [0.2, 0.25) is 0 Å². The lowest BCUT2D eigenvalue weighted by molar-refractivity contribution is 0.312. The molecule has 0 saturated carbocycles. The van der Waals surface area contributed by atoms with Crippen LogP contribution in [0.3, 0.4) is 0 Å². The van der Waals surface area contributed by atoms with E-state index in [4.69, 9.17) is 0 Å². The molecule has 1 heterocycles. The molecule has 0 radical (unpaired) electrons. The molecule has 0 aliphatic carbocycles. The van der Waals surface area contributed by atoms with Crippen LogP contribution in [0.25, 0.3) is 0 Å². The normalized spacial score (nSPS) is 15.4. The number of hydrogen-bond donors (Lipinski definition) is 1. The molecule has 0 bridgehead atoms. The molecule has 0 unspecified atom stereocenters. The molecule has 0 saturated heterocycles. The smallest absolute Gasteiger partial charge is 0.115 e. The molecule has 1 aromatic carbocycles. The molecule has 1 N–H and O–H groups in total. The molecule has 2 nitrogen and oxygen atoms in total. The largest absolute Gasteiger partial charge is 0.508 e. The Morgan fingerprint density at radius 3 is 2.64 bits per heavy atom. The molecule has 0 aromatic heterocycles. The number of rotatable bonds is 0. The molecule has 0 atom stereocenters. The van der Waals surface area contributed by atoms with E-state index in [0.29, 0.717) is 5.75 Å². The van der Waals surface area contributed by atoms with E-state index in [2.05, 4.69) is 11.9 Å². The van der Waals surface area contributed by atoms with Crippen molar-refractivity contribution in [2.75, 3.05) is 13.6 Å². The van der Waals surface area contributed by atoms with Crippen molar-refractivity contribution in [3.05, 3.63) is 29.3 Å². The SMILES string of the molecule is CC.CN1CCc2cc(O)ccc2C1. The first-order valence-electron chi connectivity index (χ1n) is 5.25. The highest BCUT2D eigenvalue weighted by atomic mass is 16.3. The van der Waals surface area contributed by atoms with Crippen molar-refractivity contribution in [1.29, 1.82) is 0 Å². The highest BCUT2D eigenvalue weighted by molar-refractivity contribution is 5.36. The molecule has 2 heteroatoms. The molecule has 0 amide bonds. The summed E-state index contributed by atoms with van der Waals surface area (Å²) in [5, 5.41) is 9.24. The van der Waals surface area contributed by atoms with Crippen molar-refractivity contribution in [2.24, 2.45) is 0 Å². The second-order valence-electron chi connectivity index (χ2n) is 3.44. The summed E-state index contributed by atoms with van der Waals surface area (Å²) in [5.41, 5.74) is 2.65. The second-order valence-corrected chi connectivity index (χ2v) is 3.44. The highest BCUT2D eigenvalue weighted by Crippen LogP contribution is 2.21. The Morgan fingerprint density at radius 1 is 1.21 bits per heavy atom. The van der Waals surface area contributed by atoms with Crippen LogP contribution in [0.4, 0.5) is 0 Å². The number of hydrogen-bond acceptors (Lipinski definition) is 2. The number of phenols is 1. The van der Waals surface area contributed by atoms with Gasteiger partial charge in [0.1, 0.15) is 5.75 Å². The fourth-order valence-electron chi connectivity index (χ4n) is 1.68. The van der Waals surface area contributed by atoms with Gasteiger partial charge in [-0.05, 0) is 36.7 Å². The van der Waals surface area contributed by atoms with E-state index in [1.807, 2.05) is 26.0 Å². The third kappa shape index (κ3) is 2.48. The van der Waals surface area contributed by atoms with Crippen LogP contribution in [-0.4, -0.2) is 23.6 Å². The first-order valence-corrected chi connectivity index (χ1v) is 5.25. The Balaban J connectivity index is 0.000000461. The Labute approximate surface area is 86.2 Å². The average molecular weight is 193 g/mol. The predicted octanol–water partition coefficient (Wildman–Crippen LogP) is 2.41. The zero-order chi connectivity index (χ0) is 10.6. The van der Waals surface area contributed by atoms with Gasteiger partial charge in [0.2, 0.25) is 0 Å². The zero-order valence-corrected chi connectivity index (χ0v) is 9.25. The van der Waals surface area contributed by atoms with Gasteiger partial charge in [0, 0.05) is 13.1 Å². The van der Waals surface area contributed by atoms with E-state index >= 15 is 0 Å². The lowest BCUT2D eigenvalue weighted by Gasteiger charge is -2.24. The van der Waals surface area contributed by atoms with Gasteiger partial charge in [-0.3, -0.25) is 0 Å². The quantitative estimate of drug-likeness (QED) is 0.684. The third-order valence-corrected chi connectivity index (χ3v) is 2.39. The first kappa shape index (κ1) is 11.1. The maximum absolute atomic E-state index is 9.24. The van der Waals surface area contributed by atoms with Gasteiger partial charge < -0.3 is 10.0 Å². The van der Waals surface area contributed by atoms with Crippen LogP contribution in [0.5, 0.6) is 5.75 Å². The topological polar surface area (TPSA) is 23.5 Å². The standard InChI is InChI=1S/C10H13NO.C2H6/c1-11-5-4-8-6-10(12)3-2-9(8)7-11;1-2/h2-3,6,12H,4-5,7H2,1H3;1-2H3. The van der Waals surface area contributed by atoms with Crippen molar-refractivity contribution in [2.45, 2.75) is 26.8 Å². The Morgan fingerprint density at radius 2 is 1.93 bits per heavy atom. The fraction of sp³-hybridized carbons (Fsp3) is 0.500. The van der Waals surface area contributed by atoms with Crippen LogP contribution in [0.15, 0.2) is 18.2 Å². The van der Waals surface area contributed by atoms with Crippen molar-refractivity contribution in [1.82, 2.24) is 4.90 Å². The average Bonchev–Trinajstić information content (AvgIpc) is 2.21. The van der Waals surface area contributed by atoms with Crippen LogP contribution in [-0.2, 0) is 13.0 Å². The summed E-state index contributed by atoms with van der Waals surface area (Å²) < 4.78 is 0. The fourth-order valence-corrected chi connectivity index (χ4v) is 1.68. The van der Waals surface area contributed by atoms with Gasteiger partial charge >= 0.3 is 0 Å². The van der Waals surface area contributed by atoms with Gasteiger partial charge in [-0.15, -0.1) is 0 Å². The van der Waals surface area contributed by atoms with Gasteiger partial charge in [-0.1, -0.05) is 19.9 Å². The monoisotopic (exact) mass is 193 g/mol. The lowest BCUT2D eigenvalue weighted by Crippen LogP contribution is -2.26. The number of fused-ring (bicyclic) bond motifs is 1. The molecule has 0 fully saturated rings. The third-order valence-electron chi connectivity index (χ3n) is 2.39. The minimum absolute atomic E-state index is 0.387. The maximum atomic E-state index is 9.24. The van der Waals surface area contributed by atoms with Crippen molar-refractivity contribution in [3.63, 3.8) is 0 Å². The molecule has 1 aliphatic rings. The number of nitrogens with zero attached hydrogens (tertiary/aromatic N) is 1. The van der Waals surface area contributed by atoms with E-state index in [9.17, 15) is 5.11 Å². The summed E-state index contributed by atoms with van der Waals surface area (Å²) in [6.07, 6.45) is 1.06. The minimum atomic E-state index is 0.387. The summed E-state index contributed by atoms with van der Waals surface area (Å²) in [5.74, 6) is 0.387. The summed E-state index contributed by atoms with van der Waals surface area (Å²) in [7, 11) is 2.12. The molecule has 1 aliphatic heterocycles. The number of phenolic OH excluding ortho intramolecular Hbond substituents is 1. The summed E-state index contributed by atoms with van der Waals surface area (Å²) >= 11 is 0. The van der Waals surface area contributed by atoms with Crippen LogP contribution in [0, 0.1) is 0 Å². The van der Waals surface area contributed by atoms with Crippen LogP contribution < -0.4 is 0 Å². The molecule has 2 rings (SSSR count). The molecule has 1 aromatic rings. The molecule has 78 valence electrons. The van der Waals surface area contributed by atoms with Gasteiger partial charge in [0.05, 0.1) is 0 Å². The van der Waals surface area contributed by atoms with Crippen molar-refractivity contribution in [3.8, 4) is 5.75 Å². The number of aromatic hydroxyl groups is 1. The van der Waals surface area contributed by atoms with Crippen LogP contribution >= 0.6 is 0 Å². The zero-order valence-electron chi connectivity index (χ0n) is 9.25. The summed E-state index contributed by atoms with van der Waals surface area (Å²) in [4.78, 5) is 2.29. The van der Waals surface area contributed by atoms with Crippen LogP contribution in [0.1, 0.15) is 25.0 Å². The number of likely N-dealkylation sites (N-methyl/N-ethyl adjacent to an activating group) is 1. The van der Waals surface area contributed by atoms with Crippen molar-refractivity contribution >= 4 is 0 Å².